The minimum absolute atomic E-state index is 0.0676. The summed E-state index contributed by atoms with van der Waals surface area (Å²) in [5.74, 6) is -1.30. The van der Waals surface area contributed by atoms with Gasteiger partial charge in [0.25, 0.3) is 11.8 Å². The standard InChI is InChI=1S/C13H10ClNO3/c1-15-12(17)9(11(14)13(15)18)7-10(16)8-5-3-2-4-6-8/h2-6H,7H2,1H3. The predicted octanol–water partition coefficient (Wildman–Crippen LogP) is 1.75. The van der Waals surface area contributed by atoms with Crippen molar-refractivity contribution in [1.29, 1.82) is 0 Å². The van der Waals surface area contributed by atoms with Crippen molar-refractivity contribution < 1.29 is 14.4 Å². The summed E-state index contributed by atoms with van der Waals surface area (Å²) in [6.07, 6.45) is -0.155. The highest BCUT2D eigenvalue weighted by Crippen LogP contribution is 2.26. The molecule has 18 heavy (non-hydrogen) atoms. The Kier molecular flexibility index (Phi) is 3.30. The van der Waals surface area contributed by atoms with E-state index in [1.165, 1.54) is 7.05 Å². The molecule has 0 bridgehead atoms. The fraction of sp³-hybridized carbons (Fsp3) is 0.154. The molecule has 0 N–H and O–H groups in total. The maximum atomic E-state index is 11.9. The van der Waals surface area contributed by atoms with Crippen LogP contribution in [0.3, 0.4) is 0 Å². The van der Waals surface area contributed by atoms with E-state index in [0.29, 0.717) is 5.56 Å². The molecule has 0 saturated heterocycles. The number of nitrogens with zero attached hydrogens (tertiary/aromatic N) is 1. The molecule has 2 rings (SSSR count). The highest BCUT2D eigenvalue weighted by Gasteiger charge is 2.35. The second-order valence-corrected chi connectivity index (χ2v) is 4.31. The second kappa shape index (κ2) is 4.74. The maximum Gasteiger partial charge on any atom is 0.272 e. The second-order valence-electron chi connectivity index (χ2n) is 3.93. The molecule has 1 aromatic rings. The third kappa shape index (κ3) is 2.07. The van der Waals surface area contributed by atoms with Crippen LogP contribution in [0.5, 0.6) is 0 Å². The number of carbonyl (C=O) groups is 3. The van der Waals surface area contributed by atoms with Gasteiger partial charge in [-0.15, -0.1) is 0 Å². The van der Waals surface area contributed by atoms with Crippen molar-refractivity contribution in [2.75, 3.05) is 7.05 Å². The van der Waals surface area contributed by atoms with E-state index in [4.69, 9.17) is 11.6 Å². The Hall–Kier alpha value is -1.94. The first kappa shape index (κ1) is 12.5. The normalized spacial score (nSPS) is 15.6. The summed E-state index contributed by atoms with van der Waals surface area (Å²) in [6.45, 7) is 0. The summed E-state index contributed by atoms with van der Waals surface area (Å²) in [6, 6.07) is 8.57. The Labute approximate surface area is 109 Å². The van der Waals surface area contributed by atoms with Crippen LogP contribution in [-0.2, 0) is 9.59 Å². The molecule has 0 unspecified atom stereocenters. The summed E-state index contributed by atoms with van der Waals surface area (Å²) in [5.41, 5.74) is 0.558. The summed E-state index contributed by atoms with van der Waals surface area (Å²) in [4.78, 5) is 36.0. The predicted molar refractivity (Wildman–Crippen MR) is 66.0 cm³/mol. The number of hydrogen-bond acceptors (Lipinski definition) is 3. The van der Waals surface area contributed by atoms with Gasteiger partial charge >= 0.3 is 0 Å². The summed E-state index contributed by atoms with van der Waals surface area (Å²) >= 11 is 5.77. The fourth-order valence-corrected chi connectivity index (χ4v) is 1.98. The number of likely N-dealkylation sites (N-methyl/N-ethyl adjacent to an activating group) is 1. The Bertz CT molecular complexity index is 563. The van der Waals surface area contributed by atoms with E-state index in [0.717, 1.165) is 4.90 Å². The third-order valence-corrected chi connectivity index (χ3v) is 3.14. The molecule has 0 spiro atoms. The van der Waals surface area contributed by atoms with E-state index in [1.807, 2.05) is 0 Å². The molecule has 0 radical (unpaired) electrons. The smallest absolute Gasteiger partial charge is 0.272 e. The summed E-state index contributed by atoms with van der Waals surface area (Å²) in [5, 5.41) is -0.160. The van der Waals surface area contributed by atoms with E-state index < -0.39 is 11.8 Å². The van der Waals surface area contributed by atoms with Crippen LogP contribution in [-0.4, -0.2) is 29.5 Å². The Balaban J connectivity index is 2.23. The molecule has 4 nitrogen and oxygen atoms in total. The summed E-state index contributed by atoms with van der Waals surface area (Å²) in [7, 11) is 1.34. The van der Waals surface area contributed by atoms with Gasteiger partial charge in [0.2, 0.25) is 0 Å². The van der Waals surface area contributed by atoms with Gasteiger partial charge in [-0.1, -0.05) is 41.9 Å². The molecule has 0 saturated carbocycles. The minimum atomic E-state index is -0.558. The van der Waals surface area contributed by atoms with Gasteiger partial charge in [-0.25, -0.2) is 0 Å². The first-order valence-electron chi connectivity index (χ1n) is 5.31. The van der Waals surface area contributed by atoms with Crippen LogP contribution in [0.4, 0.5) is 0 Å². The van der Waals surface area contributed by atoms with E-state index in [2.05, 4.69) is 0 Å². The largest absolute Gasteiger partial charge is 0.294 e. The molecular weight excluding hydrogens is 254 g/mol. The SMILES string of the molecule is CN1C(=O)C(Cl)=C(CC(=O)c2ccccc2)C1=O. The lowest BCUT2D eigenvalue weighted by Gasteiger charge is -2.05. The molecular formula is C13H10ClNO3. The van der Waals surface area contributed by atoms with Crippen LogP contribution < -0.4 is 0 Å². The molecule has 0 aliphatic carbocycles. The van der Waals surface area contributed by atoms with Gasteiger partial charge in [-0.3, -0.25) is 19.3 Å². The van der Waals surface area contributed by atoms with Crippen molar-refractivity contribution in [3.63, 3.8) is 0 Å². The molecule has 92 valence electrons. The minimum Gasteiger partial charge on any atom is -0.294 e. The number of amides is 2. The van der Waals surface area contributed by atoms with Gasteiger partial charge in [-0.2, -0.15) is 0 Å². The number of imide groups is 1. The van der Waals surface area contributed by atoms with Gasteiger partial charge in [0, 0.05) is 24.6 Å². The average Bonchev–Trinajstić information content (AvgIpc) is 2.57. The number of ketones is 1. The van der Waals surface area contributed by atoms with Crippen molar-refractivity contribution >= 4 is 29.2 Å². The third-order valence-electron chi connectivity index (χ3n) is 2.75. The average molecular weight is 264 g/mol. The molecule has 0 atom stereocenters. The van der Waals surface area contributed by atoms with Crippen LogP contribution in [0.15, 0.2) is 40.9 Å². The zero-order valence-electron chi connectivity index (χ0n) is 9.64. The number of hydrogen-bond donors (Lipinski definition) is 0. The molecule has 5 heteroatoms. The molecule has 0 aromatic heterocycles. The van der Waals surface area contributed by atoms with Gasteiger partial charge in [0.05, 0.1) is 0 Å². The first-order valence-corrected chi connectivity index (χ1v) is 5.69. The Morgan fingerprint density at radius 1 is 1.17 bits per heavy atom. The number of carbonyl (C=O) groups excluding carboxylic acids is 3. The first-order chi connectivity index (χ1) is 8.52. The van der Waals surface area contributed by atoms with Gasteiger partial charge in [0.15, 0.2) is 5.78 Å². The van der Waals surface area contributed by atoms with E-state index in [9.17, 15) is 14.4 Å². The molecule has 1 aliphatic heterocycles. The summed E-state index contributed by atoms with van der Waals surface area (Å²) < 4.78 is 0. The van der Waals surface area contributed by atoms with Crippen LogP contribution >= 0.6 is 11.6 Å². The van der Waals surface area contributed by atoms with Crippen LogP contribution in [0.25, 0.3) is 0 Å². The Morgan fingerprint density at radius 3 is 2.28 bits per heavy atom. The number of benzene rings is 1. The van der Waals surface area contributed by atoms with E-state index in [-0.39, 0.29) is 22.8 Å². The topological polar surface area (TPSA) is 54.5 Å². The van der Waals surface area contributed by atoms with Crippen molar-refractivity contribution in [2.24, 2.45) is 0 Å². The van der Waals surface area contributed by atoms with Crippen molar-refractivity contribution in [3.05, 3.63) is 46.5 Å². The number of halogens is 1. The highest BCUT2D eigenvalue weighted by atomic mass is 35.5. The van der Waals surface area contributed by atoms with Gasteiger partial charge in [-0.05, 0) is 0 Å². The van der Waals surface area contributed by atoms with E-state index >= 15 is 0 Å². The lowest BCUT2D eigenvalue weighted by molar-refractivity contribution is -0.135. The van der Waals surface area contributed by atoms with Gasteiger partial charge in [0.1, 0.15) is 5.03 Å². The van der Waals surface area contributed by atoms with Crippen molar-refractivity contribution in [3.8, 4) is 0 Å². The Morgan fingerprint density at radius 2 is 1.78 bits per heavy atom. The molecule has 2 amide bonds. The van der Waals surface area contributed by atoms with Gasteiger partial charge < -0.3 is 0 Å². The molecule has 1 aliphatic rings. The fourth-order valence-electron chi connectivity index (χ4n) is 1.70. The zero-order valence-corrected chi connectivity index (χ0v) is 10.4. The molecule has 0 fully saturated rings. The van der Waals surface area contributed by atoms with Crippen molar-refractivity contribution in [1.82, 2.24) is 4.90 Å². The van der Waals surface area contributed by atoms with Crippen LogP contribution in [0, 0.1) is 0 Å². The molecule has 1 heterocycles. The molecule has 1 aromatic carbocycles. The maximum absolute atomic E-state index is 11.9. The van der Waals surface area contributed by atoms with Crippen LogP contribution in [0.1, 0.15) is 16.8 Å². The lowest BCUT2D eigenvalue weighted by Crippen LogP contribution is -2.26. The number of rotatable bonds is 3. The zero-order chi connectivity index (χ0) is 13.3. The quantitative estimate of drug-likeness (QED) is 0.617. The monoisotopic (exact) mass is 263 g/mol. The van der Waals surface area contributed by atoms with E-state index in [1.54, 1.807) is 30.3 Å². The lowest BCUT2D eigenvalue weighted by atomic mass is 10.0. The van der Waals surface area contributed by atoms with Crippen LogP contribution in [0.2, 0.25) is 0 Å². The number of Topliss-reactive ketones (excluding diaryl/α,β-unsaturated/α-hetero) is 1. The van der Waals surface area contributed by atoms with Crippen molar-refractivity contribution in [2.45, 2.75) is 6.42 Å². The highest BCUT2D eigenvalue weighted by molar-refractivity contribution is 6.48.